The van der Waals surface area contributed by atoms with Crippen molar-refractivity contribution in [1.29, 1.82) is 0 Å². The lowest BCUT2D eigenvalue weighted by atomic mass is 9.82. The number of nitrogens with zero attached hydrogens (tertiary/aromatic N) is 2. The molecule has 2 unspecified atom stereocenters. The average Bonchev–Trinajstić information content (AvgIpc) is 3.16. The van der Waals surface area contributed by atoms with Crippen molar-refractivity contribution < 1.29 is 4.39 Å². The normalized spacial score (nSPS) is 20.2. The van der Waals surface area contributed by atoms with Gasteiger partial charge in [0, 0.05) is 30.2 Å². The number of halogens is 1. The number of rotatable bonds is 5. The molecule has 1 aliphatic rings. The number of piperidine rings is 1. The second kappa shape index (κ2) is 8.11. The fraction of sp³-hybridized carbons (Fsp3) is 0.292. The van der Waals surface area contributed by atoms with Crippen LogP contribution in [-0.4, -0.2) is 34.5 Å². The highest BCUT2D eigenvalue weighted by Gasteiger charge is 2.29. The van der Waals surface area contributed by atoms with Gasteiger partial charge in [-0.15, -0.1) is 6.58 Å². The van der Waals surface area contributed by atoms with E-state index in [2.05, 4.69) is 46.8 Å². The van der Waals surface area contributed by atoms with Gasteiger partial charge in [-0.2, -0.15) is 0 Å². The van der Waals surface area contributed by atoms with E-state index >= 15 is 0 Å². The standard InChI is InChI=1S/C24H26FN3/c1-3-4-21-15-19(11-14-28(21)2)22-16-27-24(18-5-7-20(25)8-6-18)23(22)17-9-12-26-13-10-17/h3,5-10,12-13,16,19,21,27H,1,4,11,14-15H2,2H3. The first-order valence-electron chi connectivity index (χ1n) is 9.86. The molecule has 2 atom stereocenters. The first-order valence-corrected chi connectivity index (χ1v) is 9.86. The molecule has 1 saturated heterocycles. The first-order chi connectivity index (χ1) is 13.7. The van der Waals surface area contributed by atoms with E-state index in [0.29, 0.717) is 12.0 Å². The summed E-state index contributed by atoms with van der Waals surface area (Å²) in [5.74, 6) is 0.262. The van der Waals surface area contributed by atoms with Crippen LogP contribution in [-0.2, 0) is 0 Å². The lowest BCUT2D eigenvalue weighted by Crippen LogP contribution is -2.38. The second-order valence-electron chi connectivity index (χ2n) is 7.62. The van der Waals surface area contributed by atoms with Gasteiger partial charge in [-0.05, 0) is 91.9 Å². The van der Waals surface area contributed by atoms with E-state index in [9.17, 15) is 4.39 Å². The summed E-state index contributed by atoms with van der Waals surface area (Å²) < 4.78 is 13.4. The Kier molecular flexibility index (Phi) is 5.40. The van der Waals surface area contributed by atoms with Gasteiger partial charge in [0.15, 0.2) is 0 Å². The summed E-state index contributed by atoms with van der Waals surface area (Å²) in [6, 6.07) is 11.3. The third-order valence-electron chi connectivity index (χ3n) is 5.90. The van der Waals surface area contributed by atoms with Crippen molar-refractivity contribution in [3.05, 3.63) is 79.0 Å². The van der Waals surface area contributed by atoms with Crippen LogP contribution < -0.4 is 0 Å². The fourth-order valence-corrected chi connectivity index (χ4v) is 4.35. The van der Waals surface area contributed by atoms with Crippen molar-refractivity contribution >= 4 is 0 Å². The summed E-state index contributed by atoms with van der Waals surface area (Å²) in [6.45, 7) is 5.01. The van der Waals surface area contributed by atoms with Crippen LogP contribution in [0.4, 0.5) is 4.39 Å². The third kappa shape index (κ3) is 3.65. The molecule has 0 spiro atoms. The van der Waals surface area contributed by atoms with Crippen LogP contribution in [0.1, 0.15) is 30.7 Å². The summed E-state index contributed by atoms with van der Waals surface area (Å²) in [7, 11) is 2.20. The maximum absolute atomic E-state index is 13.4. The Hall–Kier alpha value is -2.72. The Balaban J connectivity index is 1.77. The van der Waals surface area contributed by atoms with Crippen LogP contribution in [0, 0.1) is 5.82 Å². The van der Waals surface area contributed by atoms with Gasteiger partial charge in [0.2, 0.25) is 0 Å². The Morgan fingerprint density at radius 2 is 1.93 bits per heavy atom. The topological polar surface area (TPSA) is 31.9 Å². The van der Waals surface area contributed by atoms with Gasteiger partial charge in [-0.25, -0.2) is 4.39 Å². The minimum Gasteiger partial charge on any atom is -0.360 e. The first kappa shape index (κ1) is 18.6. The number of hydrogen-bond donors (Lipinski definition) is 1. The molecule has 2 aromatic heterocycles. The summed E-state index contributed by atoms with van der Waals surface area (Å²) >= 11 is 0. The minimum atomic E-state index is -0.219. The zero-order chi connectivity index (χ0) is 19.5. The number of aromatic amines is 1. The molecule has 1 fully saturated rings. The predicted molar refractivity (Wildman–Crippen MR) is 113 cm³/mol. The quantitative estimate of drug-likeness (QED) is 0.586. The molecule has 3 heterocycles. The van der Waals surface area contributed by atoms with Crippen LogP contribution in [0.15, 0.2) is 67.6 Å². The molecule has 1 aliphatic heterocycles. The van der Waals surface area contributed by atoms with E-state index in [1.165, 1.54) is 23.3 Å². The van der Waals surface area contributed by atoms with Crippen LogP contribution >= 0.6 is 0 Å². The summed E-state index contributed by atoms with van der Waals surface area (Å²) in [5, 5.41) is 0. The van der Waals surface area contributed by atoms with Gasteiger partial charge in [0.1, 0.15) is 5.82 Å². The number of aromatic nitrogens is 2. The van der Waals surface area contributed by atoms with Gasteiger partial charge >= 0.3 is 0 Å². The van der Waals surface area contributed by atoms with E-state index in [4.69, 9.17) is 0 Å². The minimum absolute atomic E-state index is 0.219. The fourth-order valence-electron chi connectivity index (χ4n) is 4.35. The molecule has 1 aromatic carbocycles. The van der Waals surface area contributed by atoms with Crippen LogP contribution in [0.25, 0.3) is 22.4 Å². The molecule has 144 valence electrons. The SMILES string of the molecule is C=CCC1CC(c2c[nH]c(-c3ccc(F)cc3)c2-c2ccncc2)CCN1C. The molecule has 1 N–H and O–H groups in total. The average molecular weight is 375 g/mol. The van der Waals surface area contributed by atoms with E-state index in [0.717, 1.165) is 42.6 Å². The summed E-state index contributed by atoms with van der Waals surface area (Å²) in [5.41, 5.74) is 5.73. The molecule has 0 bridgehead atoms. The van der Waals surface area contributed by atoms with Crippen molar-refractivity contribution in [1.82, 2.24) is 14.9 Å². The third-order valence-corrected chi connectivity index (χ3v) is 5.90. The van der Waals surface area contributed by atoms with E-state index in [-0.39, 0.29) is 5.82 Å². The number of hydrogen-bond acceptors (Lipinski definition) is 2. The number of likely N-dealkylation sites (tertiary alicyclic amines) is 1. The van der Waals surface area contributed by atoms with Gasteiger partial charge in [-0.3, -0.25) is 4.98 Å². The van der Waals surface area contributed by atoms with Crippen molar-refractivity contribution in [3.63, 3.8) is 0 Å². The molecule has 0 amide bonds. The Labute approximate surface area is 165 Å². The molecule has 28 heavy (non-hydrogen) atoms. The molecule has 4 heteroatoms. The Morgan fingerprint density at radius 3 is 2.64 bits per heavy atom. The van der Waals surface area contributed by atoms with Gasteiger partial charge in [-0.1, -0.05) is 6.08 Å². The van der Waals surface area contributed by atoms with E-state index < -0.39 is 0 Å². The molecule has 3 aromatic rings. The lowest BCUT2D eigenvalue weighted by molar-refractivity contribution is 0.170. The highest BCUT2D eigenvalue weighted by atomic mass is 19.1. The Morgan fingerprint density at radius 1 is 1.18 bits per heavy atom. The van der Waals surface area contributed by atoms with Crippen molar-refractivity contribution in [3.8, 4) is 22.4 Å². The van der Waals surface area contributed by atoms with Gasteiger partial charge in [0.05, 0.1) is 5.69 Å². The van der Waals surface area contributed by atoms with Crippen molar-refractivity contribution in [2.45, 2.75) is 31.2 Å². The summed E-state index contributed by atoms with van der Waals surface area (Å²) in [4.78, 5) is 10.1. The van der Waals surface area contributed by atoms with Crippen molar-refractivity contribution in [2.75, 3.05) is 13.6 Å². The van der Waals surface area contributed by atoms with Crippen molar-refractivity contribution in [2.24, 2.45) is 0 Å². The highest BCUT2D eigenvalue weighted by molar-refractivity contribution is 5.84. The maximum atomic E-state index is 13.4. The van der Waals surface area contributed by atoms with Crippen LogP contribution in [0.2, 0.25) is 0 Å². The van der Waals surface area contributed by atoms with Crippen LogP contribution in [0.5, 0.6) is 0 Å². The molecule has 3 nitrogen and oxygen atoms in total. The van der Waals surface area contributed by atoms with Gasteiger partial charge < -0.3 is 9.88 Å². The highest BCUT2D eigenvalue weighted by Crippen LogP contribution is 2.42. The molecular weight excluding hydrogens is 349 g/mol. The zero-order valence-corrected chi connectivity index (χ0v) is 16.2. The zero-order valence-electron chi connectivity index (χ0n) is 16.2. The number of H-pyrrole nitrogens is 1. The lowest BCUT2D eigenvalue weighted by Gasteiger charge is -2.37. The molecule has 0 aliphatic carbocycles. The van der Waals surface area contributed by atoms with E-state index in [1.807, 2.05) is 30.6 Å². The number of nitrogens with one attached hydrogen (secondary N) is 1. The molecular formula is C24H26FN3. The smallest absolute Gasteiger partial charge is 0.123 e. The predicted octanol–water partition coefficient (Wildman–Crippen LogP) is 5.64. The monoisotopic (exact) mass is 375 g/mol. The molecule has 4 rings (SSSR count). The molecule has 0 radical (unpaired) electrons. The van der Waals surface area contributed by atoms with Crippen LogP contribution in [0.3, 0.4) is 0 Å². The summed E-state index contributed by atoms with van der Waals surface area (Å²) in [6.07, 6.45) is 11.1. The van der Waals surface area contributed by atoms with Gasteiger partial charge in [0.25, 0.3) is 0 Å². The maximum Gasteiger partial charge on any atom is 0.123 e. The second-order valence-corrected chi connectivity index (χ2v) is 7.62. The van der Waals surface area contributed by atoms with E-state index in [1.54, 1.807) is 0 Å². The number of pyridine rings is 1. The number of benzene rings is 1. The molecule has 0 saturated carbocycles. The largest absolute Gasteiger partial charge is 0.360 e. The Bertz CT molecular complexity index is 930.